The number of carbonyl (C=O) groups is 1. The molecule has 3 aromatic rings. The maximum atomic E-state index is 12.5. The summed E-state index contributed by atoms with van der Waals surface area (Å²) < 4.78 is 3.86. The minimum Gasteiger partial charge on any atom is -0.338 e. The molecule has 1 saturated heterocycles. The molecule has 0 radical (unpaired) electrons. The Morgan fingerprint density at radius 3 is 2.83 bits per heavy atom. The Kier molecular flexibility index (Phi) is 3.93. The fraction of sp³-hybridized carbons (Fsp3) is 0.353. The number of hydrogen-bond donors (Lipinski definition) is 0. The van der Waals surface area contributed by atoms with Gasteiger partial charge in [0.25, 0.3) is 5.91 Å². The van der Waals surface area contributed by atoms with Gasteiger partial charge in [-0.15, -0.1) is 5.10 Å². The predicted octanol–water partition coefficient (Wildman–Crippen LogP) is 2.81. The molecule has 24 heavy (non-hydrogen) atoms. The van der Waals surface area contributed by atoms with E-state index in [1.165, 1.54) is 11.5 Å². The highest BCUT2D eigenvalue weighted by atomic mass is 32.1. The van der Waals surface area contributed by atoms with Gasteiger partial charge in [-0.25, -0.2) is 9.97 Å². The lowest BCUT2D eigenvalue weighted by Gasteiger charge is -2.31. The van der Waals surface area contributed by atoms with Crippen LogP contribution in [0.3, 0.4) is 0 Å². The van der Waals surface area contributed by atoms with Gasteiger partial charge < -0.3 is 4.90 Å². The van der Waals surface area contributed by atoms with Crippen LogP contribution in [-0.2, 0) is 0 Å². The zero-order chi connectivity index (χ0) is 16.5. The largest absolute Gasteiger partial charge is 0.338 e. The molecule has 0 unspecified atom stereocenters. The van der Waals surface area contributed by atoms with Crippen molar-refractivity contribution in [3.05, 3.63) is 46.7 Å². The Hall–Kier alpha value is -2.41. The van der Waals surface area contributed by atoms with E-state index in [4.69, 9.17) is 4.98 Å². The molecule has 1 amide bonds. The van der Waals surface area contributed by atoms with Crippen molar-refractivity contribution >= 4 is 28.5 Å². The van der Waals surface area contributed by atoms with E-state index in [1.54, 1.807) is 6.20 Å². The molecule has 0 aliphatic carbocycles. The first-order valence-electron chi connectivity index (χ1n) is 8.02. The topological polar surface area (TPSA) is 71.9 Å². The molecule has 1 aliphatic rings. The van der Waals surface area contributed by atoms with E-state index in [0.29, 0.717) is 10.8 Å². The molecular weight excluding hydrogens is 322 g/mol. The number of carbonyl (C=O) groups excluding carboxylic acids is 1. The number of aryl methyl sites for hydroxylation is 1. The summed E-state index contributed by atoms with van der Waals surface area (Å²) >= 11 is 1.18. The number of nitrogens with zero attached hydrogens (tertiary/aromatic N) is 5. The molecule has 0 bridgehead atoms. The van der Waals surface area contributed by atoms with Gasteiger partial charge in [-0.3, -0.25) is 4.79 Å². The van der Waals surface area contributed by atoms with Crippen LogP contribution < -0.4 is 0 Å². The average molecular weight is 339 g/mol. The molecule has 0 spiro atoms. The lowest BCUT2D eigenvalue weighted by molar-refractivity contribution is 0.0716. The molecule has 0 aromatic carbocycles. The first-order chi connectivity index (χ1) is 11.7. The predicted molar refractivity (Wildman–Crippen MR) is 92.1 cm³/mol. The normalized spacial score (nSPS) is 15.8. The number of piperidine rings is 1. The third kappa shape index (κ3) is 2.75. The van der Waals surface area contributed by atoms with Crippen LogP contribution >= 0.6 is 11.5 Å². The first kappa shape index (κ1) is 15.1. The maximum Gasteiger partial charge on any atom is 0.267 e. The van der Waals surface area contributed by atoms with Gasteiger partial charge in [0.05, 0.1) is 5.69 Å². The molecule has 122 valence electrons. The monoisotopic (exact) mass is 339 g/mol. The molecule has 0 saturated carbocycles. The summed E-state index contributed by atoms with van der Waals surface area (Å²) in [7, 11) is 0. The zero-order valence-corrected chi connectivity index (χ0v) is 14.2. The first-order valence-corrected chi connectivity index (χ1v) is 8.79. The van der Waals surface area contributed by atoms with Crippen LogP contribution in [-0.4, -0.2) is 43.5 Å². The van der Waals surface area contributed by atoms with Crippen LogP contribution in [0.15, 0.2) is 30.5 Å². The maximum absolute atomic E-state index is 12.5. The summed E-state index contributed by atoms with van der Waals surface area (Å²) in [6.45, 7) is 3.31. The Morgan fingerprint density at radius 1 is 1.25 bits per heavy atom. The number of amides is 1. The van der Waals surface area contributed by atoms with E-state index < -0.39 is 0 Å². The van der Waals surface area contributed by atoms with E-state index in [0.717, 1.165) is 48.4 Å². The summed E-state index contributed by atoms with van der Waals surface area (Å²) in [6, 6.07) is 8.10. The van der Waals surface area contributed by atoms with Gasteiger partial charge in [0.15, 0.2) is 5.65 Å². The highest BCUT2D eigenvalue weighted by molar-refractivity contribution is 7.07. The molecule has 1 aliphatic heterocycles. The summed E-state index contributed by atoms with van der Waals surface area (Å²) in [4.78, 5) is 24.1. The lowest BCUT2D eigenvalue weighted by atomic mass is 9.92. The quantitative estimate of drug-likeness (QED) is 0.718. The molecule has 3 aromatic heterocycles. The van der Waals surface area contributed by atoms with Gasteiger partial charge in [0.1, 0.15) is 4.88 Å². The van der Waals surface area contributed by atoms with E-state index in [9.17, 15) is 4.79 Å². The Labute approximate surface area is 143 Å². The van der Waals surface area contributed by atoms with Crippen molar-refractivity contribution in [3.8, 4) is 0 Å². The van der Waals surface area contributed by atoms with Crippen molar-refractivity contribution in [2.75, 3.05) is 13.1 Å². The summed E-state index contributed by atoms with van der Waals surface area (Å²) in [5.74, 6) is 0.426. The van der Waals surface area contributed by atoms with E-state index >= 15 is 0 Å². The highest BCUT2D eigenvalue weighted by Gasteiger charge is 2.27. The SMILES string of the molecule is Cc1nnsc1C(=O)N1CCC(c2ccc3cccnc3n2)CC1. The number of pyridine rings is 2. The van der Waals surface area contributed by atoms with Gasteiger partial charge >= 0.3 is 0 Å². The summed E-state index contributed by atoms with van der Waals surface area (Å²) in [6.07, 6.45) is 3.61. The second-order valence-electron chi connectivity index (χ2n) is 6.04. The van der Waals surface area contributed by atoms with Gasteiger partial charge in [-0.1, -0.05) is 4.49 Å². The lowest BCUT2D eigenvalue weighted by Crippen LogP contribution is -2.38. The van der Waals surface area contributed by atoms with Crippen LogP contribution in [0.4, 0.5) is 0 Å². The second kappa shape index (κ2) is 6.24. The van der Waals surface area contributed by atoms with E-state index in [-0.39, 0.29) is 5.91 Å². The minimum atomic E-state index is 0.0501. The van der Waals surface area contributed by atoms with Gasteiger partial charge in [-0.2, -0.15) is 0 Å². The highest BCUT2D eigenvalue weighted by Crippen LogP contribution is 2.29. The zero-order valence-electron chi connectivity index (χ0n) is 13.3. The van der Waals surface area contributed by atoms with Gasteiger partial charge in [-0.05, 0) is 55.6 Å². The van der Waals surface area contributed by atoms with E-state index in [1.807, 2.05) is 24.0 Å². The Bertz CT molecular complexity index is 885. The standard InChI is InChI=1S/C17H17N5OS/c1-11-15(24-21-20-11)17(23)22-9-6-12(7-10-22)14-5-4-13-3-2-8-18-16(13)19-14/h2-5,8,12H,6-7,9-10H2,1H3. The fourth-order valence-electron chi connectivity index (χ4n) is 3.14. The van der Waals surface area contributed by atoms with Crippen LogP contribution in [0.5, 0.6) is 0 Å². The van der Waals surface area contributed by atoms with Crippen molar-refractivity contribution in [3.63, 3.8) is 0 Å². The van der Waals surface area contributed by atoms with Crippen molar-refractivity contribution in [2.45, 2.75) is 25.7 Å². The third-order valence-electron chi connectivity index (χ3n) is 4.53. The van der Waals surface area contributed by atoms with Crippen LogP contribution in [0, 0.1) is 6.92 Å². The Balaban J connectivity index is 1.47. The number of likely N-dealkylation sites (tertiary alicyclic amines) is 1. The molecule has 7 heteroatoms. The molecule has 0 N–H and O–H groups in total. The molecule has 4 heterocycles. The second-order valence-corrected chi connectivity index (χ2v) is 6.79. The molecular formula is C17H17N5OS. The number of aromatic nitrogens is 4. The number of rotatable bonds is 2. The third-order valence-corrected chi connectivity index (χ3v) is 5.35. The number of fused-ring (bicyclic) bond motifs is 1. The van der Waals surface area contributed by atoms with Crippen LogP contribution in [0.1, 0.15) is 39.8 Å². The molecule has 1 fully saturated rings. The average Bonchev–Trinajstić information content (AvgIpc) is 3.07. The minimum absolute atomic E-state index is 0.0501. The van der Waals surface area contributed by atoms with Crippen LogP contribution in [0.25, 0.3) is 11.0 Å². The molecule has 0 atom stereocenters. The summed E-state index contributed by atoms with van der Waals surface area (Å²) in [5.41, 5.74) is 2.58. The van der Waals surface area contributed by atoms with Gasteiger partial charge in [0.2, 0.25) is 0 Å². The van der Waals surface area contributed by atoms with Crippen molar-refractivity contribution in [2.24, 2.45) is 0 Å². The van der Waals surface area contributed by atoms with Crippen molar-refractivity contribution < 1.29 is 4.79 Å². The van der Waals surface area contributed by atoms with E-state index in [2.05, 4.69) is 26.7 Å². The molecule has 4 rings (SSSR count). The van der Waals surface area contributed by atoms with Gasteiger partial charge in [0, 0.05) is 36.3 Å². The Morgan fingerprint density at radius 2 is 2.08 bits per heavy atom. The smallest absolute Gasteiger partial charge is 0.267 e. The summed E-state index contributed by atoms with van der Waals surface area (Å²) in [5, 5.41) is 4.99. The van der Waals surface area contributed by atoms with Crippen LogP contribution in [0.2, 0.25) is 0 Å². The molecule has 6 nitrogen and oxygen atoms in total. The van der Waals surface area contributed by atoms with Crippen molar-refractivity contribution in [1.82, 2.24) is 24.5 Å². The fourth-order valence-corrected chi connectivity index (χ4v) is 3.77. The van der Waals surface area contributed by atoms with Crippen molar-refractivity contribution in [1.29, 1.82) is 0 Å². The number of hydrogen-bond acceptors (Lipinski definition) is 6.